The number of ether oxygens (including phenoxy) is 1. The van der Waals surface area contributed by atoms with Crippen molar-refractivity contribution in [3.63, 3.8) is 0 Å². The van der Waals surface area contributed by atoms with Gasteiger partial charge < -0.3 is 10.1 Å². The molecule has 0 aliphatic rings. The first-order valence-corrected chi connectivity index (χ1v) is 9.73. The SMILES string of the molecule is COc1ccc(C)cc1NC(=O)Cn1c(C)nc2c(sc3cccc(F)c32)c1=O. The molecule has 2 aromatic carbocycles. The number of hydrogen-bond donors (Lipinski definition) is 1. The first-order valence-electron chi connectivity index (χ1n) is 8.91. The van der Waals surface area contributed by atoms with Crippen LogP contribution in [-0.4, -0.2) is 22.6 Å². The molecule has 1 N–H and O–H groups in total. The second-order valence-electron chi connectivity index (χ2n) is 6.69. The van der Waals surface area contributed by atoms with Crippen molar-refractivity contribution in [3.8, 4) is 5.75 Å². The molecule has 0 radical (unpaired) electrons. The van der Waals surface area contributed by atoms with E-state index in [0.717, 1.165) is 5.56 Å². The van der Waals surface area contributed by atoms with Crippen LogP contribution in [0.25, 0.3) is 20.3 Å². The Labute approximate surface area is 169 Å². The standard InChI is InChI=1S/C21H18FN3O3S/c1-11-7-8-15(28-3)14(9-11)24-17(26)10-25-12(2)23-19-18-13(22)5-4-6-16(18)29-20(19)21(25)27/h4-9H,10H2,1-3H3,(H,24,26). The van der Waals surface area contributed by atoms with Gasteiger partial charge in [0.1, 0.15) is 28.6 Å². The first-order chi connectivity index (χ1) is 13.9. The number of methoxy groups -OCH3 is 1. The van der Waals surface area contributed by atoms with E-state index in [-0.39, 0.29) is 18.0 Å². The minimum absolute atomic E-state index is 0.207. The van der Waals surface area contributed by atoms with Crippen LogP contribution in [0.2, 0.25) is 0 Å². The summed E-state index contributed by atoms with van der Waals surface area (Å²) < 4.78 is 21.8. The maximum atomic E-state index is 14.3. The summed E-state index contributed by atoms with van der Waals surface area (Å²) in [5.74, 6) is 0.0769. The molecule has 0 aliphatic carbocycles. The Hall–Kier alpha value is -3.26. The zero-order valence-corrected chi connectivity index (χ0v) is 16.9. The Morgan fingerprint density at radius 2 is 2.07 bits per heavy atom. The van der Waals surface area contributed by atoms with Crippen molar-refractivity contribution < 1.29 is 13.9 Å². The lowest BCUT2D eigenvalue weighted by atomic mass is 10.2. The zero-order valence-electron chi connectivity index (χ0n) is 16.1. The topological polar surface area (TPSA) is 73.2 Å². The van der Waals surface area contributed by atoms with E-state index in [1.54, 1.807) is 31.2 Å². The van der Waals surface area contributed by atoms with Gasteiger partial charge in [0.25, 0.3) is 5.56 Å². The maximum absolute atomic E-state index is 14.3. The van der Waals surface area contributed by atoms with Crippen molar-refractivity contribution in [2.75, 3.05) is 12.4 Å². The Morgan fingerprint density at radius 3 is 2.83 bits per heavy atom. The summed E-state index contributed by atoms with van der Waals surface area (Å²) in [5.41, 5.74) is 1.47. The predicted molar refractivity (Wildman–Crippen MR) is 112 cm³/mol. The molecule has 148 valence electrons. The van der Waals surface area contributed by atoms with E-state index in [1.807, 2.05) is 13.0 Å². The average Bonchev–Trinajstić information content (AvgIpc) is 3.05. The number of thiophene rings is 1. The van der Waals surface area contributed by atoms with Crippen molar-refractivity contribution in [3.05, 3.63) is 64.0 Å². The maximum Gasteiger partial charge on any atom is 0.272 e. The number of benzene rings is 2. The number of halogens is 1. The van der Waals surface area contributed by atoms with E-state index < -0.39 is 5.82 Å². The molecule has 0 bridgehead atoms. The van der Waals surface area contributed by atoms with E-state index in [4.69, 9.17) is 4.74 Å². The number of aromatic nitrogens is 2. The number of rotatable bonds is 4. The van der Waals surface area contributed by atoms with Crippen LogP contribution < -0.4 is 15.6 Å². The van der Waals surface area contributed by atoms with E-state index in [9.17, 15) is 14.0 Å². The van der Waals surface area contributed by atoms with Gasteiger partial charge in [-0.2, -0.15) is 0 Å². The molecule has 2 heterocycles. The van der Waals surface area contributed by atoms with Crippen molar-refractivity contribution in [1.82, 2.24) is 9.55 Å². The highest BCUT2D eigenvalue weighted by Crippen LogP contribution is 2.32. The monoisotopic (exact) mass is 411 g/mol. The van der Waals surface area contributed by atoms with Crippen LogP contribution in [0.3, 0.4) is 0 Å². The van der Waals surface area contributed by atoms with Crippen molar-refractivity contribution in [1.29, 1.82) is 0 Å². The molecule has 0 atom stereocenters. The Balaban J connectivity index is 1.72. The van der Waals surface area contributed by atoms with Gasteiger partial charge in [0.15, 0.2) is 0 Å². The molecule has 0 saturated heterocycles. The molecule has 0 saturated carbocycles. The summed E-state index contributed by atoms with van der Waals surface area (Å²) >= 11 is 1.18. The molecule has 2 aromatic heterocycles. The smallest absolute Gasteiger partial charge is 0.272 e. The number of nitrogens with zero attached hydrogens (tertiary/aromatic N) is 2. The molecule has 4 rings (SSSR count). The lowest BCUT2D eigenvalue weighted by Gasteiger charge is -2.13. The third kappa shape index (κ3) is 3.36. The highest BCUT2D eigenvalue weighted by Gasteiger charge is 2.18. The molecule has 1 amide bonds. The van der Waals surface area contributed by atoms with Crippen LogP contribution in [0.1, 0.15) is 11.4 Å². The highest BCUT2D eigenvalue weighted by molar-refractivity contribution is 7.25. The minimum Gasteiger partial charge on any atom is -0.495 e. The summed E-state index contributed by atoms with van der Waals surface area (Å²) in [6.45, 7) is 3.33. The number of amides is 1. The number of carbonyl (C=O) groups excluding carboxylic acids is 1. The van der Waals surface area contributed by atoms with Gasteiger partial charge in [-0.15, -0.1) is 11.3 Å². The molecule has 29 heavy (non-hydrogen) atoms. The lowest BCUT2D eigenvalue weighted by Crippen LogP contribution is -2.29. The Morgan fingerprint density at radius 1 is 1.28 bits per heavy atom. The molecule has 8 heteroatoms. The molecule has 6 nitrogen and oxygen atoms in total. The van der Waals surface area contributed by atoms with Gasteiger partial charge in [0, 0.05) is 4.70 Å². The lowest BCUT2D eigenvalue weighted by molar-refractivity contribution is -0.116. The fourth-order valence-electron chi connectivity index (χ4n) is 3.27. The largest absolute Gasteiger partial charge is 0.495 e. The fraction of sp³-hybridized carbons (Fsp3) is 0.190. The minimum atomic E-state index is -0.415. The van der Waals surface area contributed by atoms with Gasteiger partial charge >= 0.3 is 0 Å². The van der Waals surface area contributed by atoms with Gasteiger partial charge in [-0.3, -0.25) is 14.2 Å². The Bertz CT molecular complexity index is 1330. The second-order valence-corrected chi connectivity index (χ2v) is 7.75. The quantitative estimate of drug-likeness (QED) is 0.551. The van der Waals surface area contributed by atoms with Crippen LogP contribution in [0, 0.1) is 19.7 Å². The number of carbonyl (C=O) groups is 1. The van der Waals surface area contributed by atoms with Crippen LogP contribution in [0.15, 0.2) is 41.2 Å². The van der Waals surface area contributed by atoms with Crippen LogP contribution >= 0.6 is 11.3 Å². The third-order valence-electron chi connectivity index (χ3n) is 4.67. The van der Waals surface area contributed by atoms with Gasteiger partial charge in [-0.1, -0.05) is 12.1 Å². The Kier molecular flexibility index (Phi) is 4.79. The van der Waals surface area contributed by atoms with Gasteiger partial charge in [-0.25, -0.2) is 9.37 Å². The summed E-state index contributed by atoms with van der Waals surface area (Å²) in [4.78, 5) is 30.0. The molecular formula is C21H18FN3O3S. The van der Waals surface area contributed by atoms with Crippen molar-refractivity contribution >= 4 is 43.2 Å². The number of aryl methyl sites for hydroxylation is 2. The predicted octanol–water partition coefficient (Wildman–Crippen LogP) is 4.01. The molecule has 0 fully saturated rings. The number of nitrogens with one attached hydrogen (secondary N) is 1. The van der Waals surface area contributed by atoms with Crippen LogP contribution in [-0.2, 0) is 11.3 Å². The summed E-state index contributed by atoms with van der Waals surface area (Å²) in [6.07, 6.45) is 0. The van der Waals surface area contributed by atoms with Crippen molar-refractivity contribution in [2.45, 2.75) is 20.4 Å². The molecule has 0 aliphatic heterocycles. The third-order valence-corrected chi connectivity index (χ3v) is 5.81. The molecule has 0 spiro atoms. The molecule has 0 unspecified atom stereocenters. The van der Waals surface area contributed by atoms with Crippen molar-refractivity contribution in [2.24, 2.45) is 0 Å². The normalized spacial score (nSPS) is 11.2. The van der Waals surface area contributed by atoms with Crippen LogP contribution in [0.5, 0.6) is 5.75 Å². The fourth-order valence-corrected chi connectivity index (χ4v) is 4.38. The van der Waals surface area contributed by atoms with E-state index in [0.29, 0.717) is 37.6 Å². The molecule has 4 aromatic rings. The van der Waals surface area contributed by atoms with Gasteiger partial charge in [-0.05, 0) is 43.7 Å². The zero-order chi connectivity index (χ0) is 20.7. The summed E-state index contributed by atoms with van der Waals surface area (Å²) in [6, 6.07) is 10.1. The summed E-state index contributed by atoms with van der Waals surface area (Å²) in [7, 11) is 1.52. The highest BCUT2D eigenvalue weighted by atomic mass is 32.1. The second kappa shape index (κ2) is 7.29. The molecular weight excluding hydrogens is 393 g/mol. The number of hydrogen-bond acceptors (Lipinski definition) is 5. The first kappa shape index (κ1) is 19.1. The van der Waals surface area contributed by atoms with Gasteiger partial charge in [0.05, 0.1) is 23.7 Å². The van der Waals surface area contributed by atoms with E-state index in [1.165, 1.54) is 29.1 Å². The van der Waals surface area contributed by atoms with E-state index >= 15 is 0 Å². The number of anilines is 1. The average molecular weight is 411 g/mol. The van der Waals surface area contributed by atoms with Crippen LogP contribution in [0.4, 0.5) is 10.1 Å². The number of fused-ring (bicyclic) bond motifs is 3. The summed E-state index contributed by atoms with van der Waals surface area (Å²) in [5, 5.41) is 3.12. The van der Waals surface area contributed by atoms with E-state index in [2.05, 4.69) is 10.3 Å². The van der Waals surface area contributed by atoms with Gasteiger partial charge in [0.2, 0.25) is 5.91 Å².